The summed E-state index contributed by atoms with van der Waals surface area (Å²) in [6.07, 6.45) is -1.03. The number of ether oxygens (including phenoxy) is 4. The van der Waals surface area contributed by atoms with Gasteiger partial charge in [-0.05, 0) is 72.1 Å². The van der Waals surface area contributed by atoms with Gasteiger partial charge in [-0.25, -0.2) is 9.32 Å². The van der Waals surface area contributed by atoms with Gasteiger partial charge in [0.2, 0.25) is 0 Å². The molecule has 0 spiro atoms. The van der Waals surface area contributed by atoms with Gasteiger partial charge in [0.05, 0.1) is 20.8 Å². The molecule has 11 nitrogen and oxygen atoms in total. The molecule has 1 N–H and O–H groups in total. The fourth-order valence-electron chi connectivity index (χ4n) is 5.93. The molecule has 50 heavy (non-hydrogen) atoms. The van der Waals surface area contributed by atoms with Crippen LogP contribution in [0.3, 0.4) is 0 Å². The maximum Gasteiger partial charge on any atom is 0.750 e. The van der Waals surface area contributed by atoms with Crippen molar-refractivity contribution in [2.24, 2.45) is 0 Å². The standard InChI is InChI=1S/C37H34ClN2O9P/c1-24-22-40(36(42)39-35(24)41)34-21-32(49-50(43)48-31-19-13-28(38)14-20-31)33(47-34)23-46-37(25-7-5-4-6-8-25,26-9-15-29(44-2)16-10-26)27-11-17-30(45-3)18-12-27/h4-20,22,32-34H,21,23H2,1-3H3/p+1/t32-,33+,34+/m0/s1. The second-order valence-electron chi connectivity index (χ2n) is 11.6. The van der Waals surface area contributed by atoms with Gasteiger partial charge in [0.1, 0.15) is 35.5 Å². The summed E-state index contributed by atoms with van der Waals surface area (Å²) in [4.78, 5) is 27.4. The maximum absolute atomic E-state index is 13.2. The molecule has 1 aromatic heterocycles. The third-order valence-corrected chi connectivity index (χ3v) is 9.54. The second-order valence-corrected chi connectivity index (χ2v) is 12.8. The molecule has 6 rings (SSSR count). The van der Waals surface area contributed by atoms with Crippen LogP contribution in [0.25, 0.3) is 0 Å². The third-order valence-electron chi connectivity index (χ3n) is 8.49. The van der Waals surface area contributed by atoms with E-state index in [0.29, 0.717) is 27.8 Å². The SMILES string of the molecule is COc1ccc(C(OC[C@H]2O[C@@H](n3cc(C)c(=O)[nH]c3=O)C[C@@H]2O[P+](=O)Oc2ccc(Cl)cc2)(c2ccccc2)c2ccc(OC)cc2)cc1. The van der Waals surface area contributed by atoms with Crippen molar-refractivity contribution < 1.29 is 32.6 Å². The van der Waals surface area contributed by atoms with Crippen LogP contribution in [0.1, 0.15) is 34.9 Å². The van der Waals surface area contributed by atoms with Crippen LogP contribution >= 0.6 is 19.9 Å². The number of nitrogens with one attached hydrogen (secondary N) is 1. The first kappa shape index (κ1) is 35.1. The van der Waals surface area contributed by atoms with Gasteiger partial charge in [0.25, 0.3) is 5.56 Å². The normalized spacial score (nSPS) is 17.7. The zero-order valence-corrected chi connectivity index (χ0v) is 29.1. The lowest BCUT2D eigenvalue weighted by Gasteiger charge is -2.37. The lowest BCUT2D eigenvalue weighted by atomic mass is 9.80. The summed E-state index contributed by atoms with van der Waals surface area (Å²) in [6, 6.07) is 31.3. The van der Waals surface area contributed by atoms with Crippen molar-refractivity contribution in [3.63, 3.8) is 0 Å². The van der Waals surface area contributed by atoms with Crippen LogP contribution in [0, 0.1) is 6.92 Å². The molecule has 5 aromatic rings. The molecule has 4 atom stereocenters. The Labute approximate surface area is 294 Å². The van der Waals surface area contributed by atoms with E-state index in [0.717, 1.165) is 16.7 Å². The average molecular weight is 718 g/mol. The molecule has 0 bridgehead atoms. The summed E-state index contributed by atoms with van der Waals surface area (Å²) in [7, 11) is 0.508. The topological polar surface area (TPSA) is 127 Å². The summed E-state index contributed by atoms with van der Waals surface area (Å²) >= 11 is 5.99. The molecule has 4 aromatic carbocycles. The highest BCUT2D eigenvalue weighted by molar-refractivity contribution is 7.33. The first-order valence-electron chi connectivity index (χ1n) is 15.7. The minimum Gasteiger partial charge on any atom is -0.497 e. The number of aryl methyl sites for hydroxylation is 1. The first-order valence-corrected chi connectivity index (χ1v) is 17.2. The summed E-state index contributed by atoms with van der Waals surface area (Å²) in [5.41, 5.74) is 0.416. The Morgan fingerprint density at radius 1 is 0.840 bits per heavy atom. The summed E-state index contributed by atoms with van der Waals surface area (Å²) in [6.45, 7) is 1.52. The molecule has 258 valence electrons. The van der Waals surface area contributed by atoms with E-state index in [-0.39, 0.29) is 13.0 Å². The Morgan fingerprint density at radius 2 is 1.40 bits per heavy atom. The second kappa shape index (κ2) is 15.4. The summed E-state index contributed by atoms with van der Waals surface area (Å²) in [5, 5.41) is 0.495. The smallest absolute Gasteiger partial charge is 0.497 e. The third kappa shape index (κ3) is 7.52. The Bertz CT molecular complexity index is 1990. The number of nitrogens with zero attached hydrogens (tertiary/aromatic N) is 1. The van der Waals surface area contributed by atoms with Gasteiger partial charge in [0.15, 0.2) is 5.75 Å². The van der Waals surface area contributed by atoms with Gasteiger partial charge in [-0.2, -0.15) is 0 Å². The van der Waals surface area contributed by atoms with Gasteiger partial charge in [-0.1, -0.05) is 66.2 Å². The van der Waals surface area contributed by atoms with E-state index in [4.69, 9.17) is 39.6 Å². The number of H-pyrrole nitrogens is 1. The fourth-order valence-corrected chi connectivity index (χ4v) is 6.83. The molecule has 0 radical (unpaired) electrons. The summed E-state index contributed by atoms with van der Waals surface area (Å²) < 4.78 is 50.4. The Morgan fingerprint density at radius 3 is 1.98 bits per heavy atom. The molecule has 0 amide bonds. The Kier molecular flexibility index (Phi) is 10.8. The molecule has 2 heterocycles. The van der Waals surface area contributed by atoms with E-state index >= 15 is 0 Å². The van der Waals surface area contributed by atoms with Crippen LogP contribution in [0.2, 0.25) is 5.02 Å². The van der Waals surface area contributed by atoms with E-state index in [9.17, 15) is 14.2 Å². The Balaban J connectivity index is 1.38. The van der Waals surface area contributed by atoms with Crippen LogP contribution in [0.5, 0.6) is 17.2 Å². The van der Waals surface area contributed by atoms with E-state index < -0.39 is 43.5 Å². The summed E-state index contributed by atoms with van der Waals surface area (Å²) in [5.74, 6) is 1.65. The predicted molar refractivity (Wildman–Crippen MR) is 187 cm³/mol. The molecule has 1 fully saturated rings. The number of hydrogen-bond donors (Lipinski definition) is 1. The molecule has 13 heteroatoms. The molecule has 0 saturated carbocycles. The molecule has 1 unspecified atom stereocenters. The molecular formula is C37H35ClN2O9P+. The highest BCUT2D eigenvalue weighted by Crippen LogP contribution is 2.44. The zero-order valence-electron chi connectivity index (χ0n) is 27.5. The van der Waals surface area contributed by atoms with Crippen molar-refractivity contribution in [3.05, 3.63) is 157 Å². The van der Waals surface area contributed by atoms with Crippen LogP contribution in [0.4, 0.5) is 0 Å². The van der Waals surface area contributed by atoms with Crippen molar-refractivity contribution in [1.29, 1.82) is 0 Å². The average Bonchev–Trinajstić information content (AvgIpc) is 3.53. The number of methoxy groups -OCH3 is 2. The van der Waals surface area contributed by atoms with E-state index in [2.05, 4.69) is 4.98 Å². The minimum absolute atomic E-state index is 0.0741. The van der Waals surface area contributed by atoms with Gasteiger partial charge >= 0.3 is 13.9 Å². The van der Waals surface area contributed by atoms with Crippen LogP contribution in [0.15, 0.2) is 119 Å². The monoisotopic (exact) mass is 717 g/mol. The fraction of sp³-hybridized carbons (Fsp3) is 0.243. The number of halogens is 1. The first-order chi connectivity index (χ1) is 24.2. The van der Waals surface area contributed by atoms with E-state index in [1.807, 2.05) is 78.9 Å². The number of rotatable bonds is 13. The highest BCUT2D eigenvalue weighted by atomic mass is 35.5. The van der Waals surface area contributed by atoms with Crippen molar-refractivity contribution >= 4 is 19.9 Å². The number of benzene rings is 4. The van der Waals surface area contributed by atoms with Crippen LogP contribution in [-0.2, 0) is 24.2 Å². The van der Waals surface area contributed by atoms with E-state index in [1.165, 1.54) is 10.8 Å². The molecule has 1 aliphatic heterocycles. The molecular weight excluding hydrogens is 683 g/mol. The zero-order chi connectivity index (χ0) is 35.3. The highest BCUT2D eigenvalue weighted by Gasteiger charge is 2.47. The lowest BCUT2D eigenvalue weighted by Crippen LogP contribution is -2.38. The van der Waals surface area contributed by atoms with Crippen molar-refractivity contribution in [1.82, 2.24) is 9.55 Å². The quantitative estimate of drug-likeness (QED) is 0.102. The van der Waals surface area contributed by atoms with Crippen LogP contribution < -0.4 is 25.2 Å². The minimum atomic E-state index is -2.69. The number of hydrogen-bond acceptors (Lipinski definition) is 9. The Hall–Kier alpha value is -4.77. The largest absolute Gasteiger partial charge is 0.750 e. The van der Waals surface area contributed by atoms with Crippen LogP contribution in [-0.4, -0.2) is 42.6 Å². The van der Waals surface area contributed by atoms with E-state index in [1.54, 1.807) is 45.4 Å². The van der Waals surface area contributed by atoms with Gasteiger partial charge in [-0.3, -0.25) is 14.3 Å². The van der Waals surface area contributed by atoms with Gasteiger partial charge in [-0.15, -0.1) is 4.52 Å². The molecule has 1 aliphatic rings. The predicted octanol–water partition coefficient (Wildman–Crippen LogP) is 6.93. The molecule has 0 aliphatic carbocycles. The number of aromatic nitrogens is 2. The van der Waals surface area contributed by atoms with Gasteiger partial charge < -0.3 is 18.9 Å². The van der Waals surface area contributed by atoms with Crippen molar-refractivity contribution in [2.75, 3.05) is 20.8 Å². The van der Waals surface area contributed by atoms with Gasteiger partial charge in [0, 0.05) is 27.8 Å². The van der Waals surface area contributed by atoms with Crippen molar-refractivity contribution in [2.45, 2.75) is 37.4 Å². The molecule has 1 saturated heterocycles. The lowest BCUT2D eigenvalue weighted by molar-refractivity contribution is -0.0916. The number of aromatic amines is 1. The van der Waals surface area contributed by atoms with Crippen molar-refractivity contribution in [3.8, 4) is 17.2 Å². The maximum atomic E-state index is 13.2.